The Balaban J connectivity index is 2.56. The summed E-state index contributed by atoms with van der Waals surface area (Å²) in [7, 11) is 0. The lowest BCUT2D eigenvalue weighted by molar-refractivity contribution is 0.258. The van der Waals surface area contributed by atoms with Crippen LogP contribution < -0.4 is 5.32 Å². The first kappa shape index (κ1) is 12.4. The molecule has 0 amide bonds. The summed E-state index contributed by atoms with van der Waals surface area (Å²) in [6.07, 6.45) is 4.78. The highest BCUT2D eigenvalue weighted by Crippen LogP contribution is 2.11. The zero-order chi connectivity index (χ0) is 11.8. The molecule has 0 fully saturated rings. The second-order valence-electron chi connectivity index (χ2n) is 3.53. The molecule has 5 nitrogen and oxygen atoms in total. The van der Waals surface area contributed by atoms with Crippen molar-refractivity contribution in [1.29, 1.82) is 5.26 Å². The van der Waals surface area contributed by atoms with Gasteiger partial charge in [-0.2, -0.15) is 5.26 Å². The van der Waals surface area contributed by atoms with E-state index in [2.05, 4.69) is 22.2 Å². The van der Waals surface area contributed by atoms with Gasteiger partial charge in [0.15, 0.2) is 11.5 Å². The second kappa shape index (κ2) is 6.75. The average molecular weight is 220 g/mol. The van der Waals surface area contributed by atoms with Gasteiger partial charge in [-0.1, -0.05) is 13.3 Å². The topological polar surface area (TPSA) is 81.8 Å². The number of nitrogens with one attached hydrogen (secondary N) is 1. The Bertz CT molecular complexity index is 361. The van der Waals surface area contributed by atoms with E-state index in [1.807, 2.05) is 6.07 Å². The molecule has 1 aromatic heterocycles. The van der Waals surface area contributed by atoms with E-state index in [0.29, 0.717) is 24.0 Å². The van der Waals surface area contributed by atoms with Crippen LogP contribution in [0, 0.1) is 17.2 Å². The zero-order valence-corrected chi connectivity index (χ0v) is 9.35. The molecule has 1 unspecified atom stereocenters. The summed E-state index contributed by atoms with van der Waals surface area (Å²) < 4.78 is 0. The van der Waals surface area contributed by atoms with Crippen LogP contribution in [-0.4, -0.2) is 28.2 Å². The maximum absolute atomic E-state index is 8.86. The van der Waals surface area contributed by atoms with Crippen LogP contribution in [0.4, 0.5) is 5.82 Å². The lowest BCUT2D eigenvalue weighted by Crippen LogP contribution is -2.16. The molecule has 1 atom stereocenters. The Labute approximate surface area is 95.2 Å². The number of nitrogens with zero attached hydrogens (tertiary/aromatic N) is 3. The third-order valence-electron chi connectivity index (χ3n) is 2.48. The van der Waals surface area contributed by atoms with Gasteiger partial charge in [-0.15, -0.1) is 0 Å². The van der Waals surface area contributed by atoms with Gasteiger partial charge in [0, 0.05) is 25.5 Å². The Kier molecular flexibility index (Phi) is 5.23. The minimum absolute atomic E-state index is 0.186. The Morgan fingerprint density at radius 2 is 2.25 bits per heavy atom. The largest absolute Gasteiger partial charge is 0.396 e. The normalized spacial score (nSPS) is 11.8. The Hall–Kier alpha value is -1.67. The number of rotatable bonds is 6. The van der Waals surface area contributed by atoms with Gasteiger partial charge < -0.3 is 10.4 Å². The van der Waals surface area contributed by atoms with E-state index in [9.17, 15) is 0 Å². The minimum atomic E-state index is 0.186. The van der Waals surface area contributed by atoms with Crippen LogP contribution >= 0.6 is 0 Å². The minimum Gasteiger partial charge on any atom is -0.396 e. The Morgan fingerprint density at radius 3 is 2.88 bits per heavy atom. The van der Waals surface area contributed by atoms with E-state index < -0.39 is 0 Å². The molecule has 0 saturated carbocycles. The molecule has 0 saturated heterocycles. The third-order valence-corrected chi connectivity index (χ3v) is 2.48. The molecule has 0 aliphatic rings. The van der Waals surface area contributed by atoms with Crippen molar-refractivity contribution in [2.24, 2.45) is 5.92 Å². The first-order valence-electron chi connectivity index (χ1n) is 5.37. The highest BCUT2D eigenvalue weighted by molar-refractivity contribution is 5.46. The van der Waals surface area contributed by atoms with Crippen molar-refractivity contribution in [3.63, 3.8) is 0 Å². The predicted molar refractivity (Wildman–Crippen MR) is 60.7 cm³/mol. The van der Waals surface area contributed by atoms with Crippen molar-refractivity contribution in [2.45, 2.75) is 19.8 Å². The van der Waals surface area contributed by atoms with Crippen LogP contribution in [0.3, 0.4) is 0 Å². The van der Waals surface area contributed by atoms with Crippen molar-refractivity contribution < 1.29 is 5.11 Å². The summed E-state index contributed by atoms with van der Waals surface area (Å²) in [6, 6.07) is 1.98. The summed E-state index contributed by atoms with van der Waals surface area (Å²) in [5, 5.41) is 20.8. The van der Waals surface area contributed by atoms with Gasteiger partial charge in [-0.25, -0.2) is 9.97 Å². The summed E-state index contributed by atoms with van der Waals surface area (Å²) in [4.78, 5) is 7.97. The molecule has 2 N–H and O–H groups in total. The highest BCUT2D eigenvalue weighted by Gasteiger charge is 2.08. The number of hydrogen-bond acceptors (Lipinski definition) is 5. The molecular formula is C11H16N4O. The summed E-state index contributed by atoms with van der Waals surface area (Å²) >= 11 is 0. The van der Waals surface area contributed by atoms with Crippen LogP contribution in [-0.2, 0) is 0 Å². The van der Waals surface area contributed by atoms with Gasteiger partial charge in [0.05, 0.1) is 0 Å². The smallest absolute Gasteiger partial charge is 0.182 e. The summed E-state index contributed by atoms with van der Waals surface area (Å²) in [5.74, 6) is 0.903. The van der Waals surface area contributed by atoms with Crippen LogP contribution in [0.25, 0.3) is 0 Å². The predicted octanol–water partition coefficient (Wildman–Crippen LogP) is 1.17. The van der Waals surface area contributed by atoms with Gasteiger partial charge in [0.2, 0.25) is 0 Å². The maximum atomic E-state index is 8.86. The number of aromatic nitrogens is 2. The fourth-order valence-electron chi connectivity index (χ4n) is 1.42. The summed E-state index contributed by atoms with van der Waals surface area (Å²) in [6.45, 7) is 2.96. The lowest BCUT2D eigenvalue weighted by Gasteiger charge is -2.14. The number of anilines is 1. The quantitative estimate of drug-likeness (QED) is 0.752. The van der Waals surface area contributed by atoms with Gasteiger partial charge in [-0.3, -0.25) is 0 Å². The monoisotopic (exact) mass is 220 g/mol. The fraction of sp³-hybridized carbons (Fsp3) is 0.545. The molecule has 5 heteroatoms. The van der Waals surface area contributed by atoms with E-state index in [0.717, 1.165) is 12.8 Å². The van der Waals surface area contributed by atoms with Crippen molar-refractivity contribution in [2.75, 3.05) is 18.5 Å². The SMILES string of the molecule is CCC(CCO)CNc1nccnc1C#N. The number of nitriles is 1. The summed E-state index contributed by atoms with van der Waals surface area (Å²) in [5.41, 5.74) is 0.307. The van der Waals surface area contributed by atoms with Gasteiger partial charge in [0.25, 0.3) is 0 Å². The van der Waals surface area contributed by atoms with E-state index in [4.69, 9.17) is 10.4 Å². The van der Waals surface area contributed by atoms with Crippen molar-refractivity contribution in [3.8, 4) is 6.07 Å². The first-order chi connectivity index (χ1) is 7.81. The molecule has 0 aromatic carbocycles. The molecule has 0 bridgehead atoms. The molecule has 0 aliphatic carbocycles. The lowest BCUT2D eigenvalue weighted by atomic mass is 10.0. The molecule has 16 heavy (non-hydrogen) atoms. The molecule has 1 aromatic rings. The van der Waals surface area contributed by atoms with E-state index in [1.54, 1.807) is 6.20 Å². The van der Waals surface area contributed by atoms with E-state index >= 15 is 0 Å². The van der Waals surface area contributed by atoms with Crippen LogP contribution in [0.15, 0.2) is 12.4 Å². The van der Waals surface area contributed by atoms with Crippen LogP contribution in [0.1, 0.15) is 25.5 Å². The van der Waals surface area contributed by atoms with Crippen molar-refractivity contribution in [3.05, 3.63) is 18.1 Å². The zero-order valence-electron chi connectivity index (χ0n) is 9.35. The fourth-order valence-corrected chi connectivity index (χ4v) is 1.42. The van der Waals surface area contributed by atoms with E-state index in [-0.39, 0.29) is 6.61 Å². The molecular weight excluding hydrogens is 204 g/mol. The van der Waals surface area contributed by atoms with Crippen LogP contribution in [0.5, 0.6) is 0 Å². The number of aliphatic hydroxyl groups is 1. The standard InChI is InChI=1S/C11H16N4O/c1-2-9(3-6-16)8-15-11-10(7-12)13-4-5-14-11/h4-5,9,16H,2-3,6,8H2,1H3,(H,14,15). The van der Waals surface area contributed by atoms with Crippen molar-refractivity contribution >= 4 is 5.82 Å². The van der Waals surface area contributed by atoms with Crippen LogP contribution in [0.2, 0.25) is 0 Å². The van der Waals surface area contributed by atoms with Gasteiger partial charge in [0.1, 0.15) is 6.07 Å². The Morgan fingerprint density at radius 1 is 1.50 bits per heavy atom. The highest BCUT2D eigenvalue weighted by atomic mass is 16.3. The van der Waals surface area contributed by atoms with Gasteiger partial charge in [-0.05, 0) is 12.3 Å². The van der Waals surface area contributed by atoms with Gasteiger partial charge >= 0.3 is 0 Å². The second-order valence-corrected chi connectivity index (χ2v) is 3.53. The third kappa shape index (κ3) is 3.48. The van der Waals surface area contributed by atoms with Crippen molar-refractivity contribution in [1.82, 2.24) is 9.97 Å². The number of hydrogen-bond donors (Lipinski definition) is 2. The average Bonchev–Trinajstić information content (AvgIpc) is 2.34. The molecule has 1 rings (SSSR count). The molecule has 0 aliphatic heterocycles. The molecule has 86 valence electrons. The number of aliphatic hydroxyl groups excluding tert-OH is 1. The molecule has 0 radical (unpaired) electrons. The first-order valence-corrected chi connectivity index (χ1v) is 5.37. The van der Waals surface area contributed by atoms with E-state index in [1.165, 1.54) is 6.20 Å². The molecule has 1 heterocycles. The molecule has 0 spiro atoms. The maximum Gasteiger partial charge on any atom is 0.182 e.